The third-order valence-corrected chi connectivity index (χ3v) is 3.61. The molecule has 1 heterocycles. The van der Waals surface area contributed by atoms with E-state index < -0.39 is 6.04 Å². The van der Waals surface area contributed by atoms with Gasteiger partial charge in [-0.15, -0.1) is 0 Å². The molecule has 1 unspecified atom stereocenters. The number of piperazine rings is 1. The van der Waals surface area contributed by atoms with Crippen molar-refractivity contribution in [1.29, 1.82) is 0 Å². The number of aromatic hydroxyl groups is 1. The largest absolute Gasteiger partial charge is 0.508 e. The molecule has 1 aliphatic rings. The number of amides is 2. The van der Waals surface area contributed by atoms with Gasteiger partial charge in [0.15, 0.2) is 0 Å². The van der Waals surface area contributed by atoms with Crippen LogP contribution >= 0.6 is 0 Å². The van der Waals surface area contributed by atoms with Crippen LogP contribution in [0.4, 0.5) is 0 Å². The van der Waals surface area contributed by atoms with E-state index in [1.54, 1.807) is 24.0 Å². The Morgan fingerprint density at radius 1 is 1.48 bits per heavy atom. The third kappa shape index (κ3) is 3.33. The number of aryl methyl sites for hydroxylation is 1. The van der Waals surface area contributed by atoms with Gasteiger partial charge in [-0.3, -0.25) is 9.59 Å². The van der Waals surface area contributed by atoms with Crippen LogP contribution in [0.5, 0.6) is 5.75 Å². The van der Waals surface area contributed by atoms with Crippen LogP contribution in [0.25, 0.3) is 0 Å². The molecule has 0 saturated carbocycles. The van der Waals surface area contributed by atoms with Crippen molar-refractivity contribution in [2.45, 2.75) is 19.9 Å². The van der Waals surface area contributed by atoms with Crippen molar-refractivity contribution in [3.8, 4) is 5.75 Å². The lowest BCUT2D eigenvalue weighted by Gasteiger charge is -2.35. The van der Waals surface area contributed by atoms with E-state index in [2.05, 4.69) is 10.6 Å². The number of carbonyl (C=O) groups excluding carboxylic acids is 2. The minimum Gasteiger partial charge on any atom is -0.508 e. The lowest BCUT2D eigenvalue weighted by atomic mass is 10.1. The fourth-order valence-corrected chi connectivity index (χ4v) is 2.38. The zero-order valence-electron chi connectivity index (χ0n) is 12.3. The van der Waals surface area contributed by atoms with Crippen LogP contribution in [0.3, 0.4) is 0 Å². The SMILES string of the molecule is CCNC(=O)C1CNCCN1C(=O)c1ccc(C)c(O)c1. The number of likely N-dealkylation sites (N-methyl/N-ethyl adjacent to an activating group) is 1. The molecule has 6 nitrogen and oxygen atoms in total. The average molecular weight is 291 g/mol. The molecule has 1 fully saturated rings. The highest BCUT2D eigenvalue weighted by molar-refractivity contribution is 5.98. The second-order valence-corrected chi connectivity index (χ2v) is 5.11. The molecule has 0 aromatic heterocycles. The summed E-state index contributed by atoms with van der Waals surface area (Å²) in [7, 11) is 0. The van der Waals surface area contributed by atoms with Crippen LogP contribution in [-0.4, -0.2) is 54.0 Å². The molecule has 1 aliphatic heterocycles. The van der Waals surface area contributed by atoms with Gasteiger partial charge in [-0.2, -0.15) is 0 Å². The highest BCUT2D eigenvalue weighted by Gasteiger charge is 2.32. The molecule has 2 rings (SSSR count). The minimum absolute atomic E-state index is 0.0885. The molecule has 21 heavy (non-hydrogen) atoms. The van der Waals surface area contributed by atoms with Gasteiger partial charge < -0.3 is 20.6 Å². The number of hydrogen-bond donors (Lipinski definition) is 3. The van der Waals surface area contributed by atoms with Crippen LogP contribution in [-0.2, 0) is 4.79 Å². The summed E-state index contributed by atoms with van der Waals surface area (Å²) in [4.78, 5) is 26.2. The standard InChI is InChI=1S/C15H21N3O3/c1-3-17-14(20)12-9-16-6-7-18(12)15(21)11-5-4-10(2)13(19)8-11/h4-5,8,12,16,19H,3,6-7,9H2,1-2H3,(H,17,20). The number of phenolic OH excluding ortho intramolecular Hbond substituents is 1. The van der Waals surface area contributed by atoms with E-state index >= 15 is 0 Å². The molecule has 3 N–H and O–H groups in total. The molecule has 2 amide bonds. The summed E-state index contributed by atoms with van der Waals surface area (Å²) < 4.78 is 0. The Balaban J connectivity index is 2.21. The number of nitrogens with zero attached hydrogens (tertiary/aromatic N) is 1. The number of rotatable bonds is 3. The molecule has 6 heteroatoms. The topological polar surface area (TPSA) is 81.7 Å². The van der Waals surface area contributed by atoms with Crippen molar-refractivity contribution in [3.05, 3.63) is 29.3 Å². The Bertz CT molecular complexity index is 545. The summed E-state index contributed by atoms with van der Waals surface area (Å²) in [5.41, 5.74) is 1.11. The Morgan fingerprint density at radius 3 is 2.90 bits per heavy atom. The third-order valence-electron chi connectivity index (χ3n) is 3.61. The van der Waals surface area contributed by atoms with Gasteiger partial charge in [-0.1, -0.05) is 6.07 Å². The summed E-state index contributed by atoms with van der Waals surface area (Å²) in [6.45, 7) is 5.71. The van der Waals surface area contributed by atoms with Crippen molar-refractivity contribution in [1.82, 2.24) is 15.5 Å². The average Bonchev–Trinajstić information content (AvgIpc) is 2.49. The van der Waals surface area contributed by atoms with E-state index in [-0.39, 0.29) is 17.6 Å². The number of carbonyl (C=O) groups is 2. The lowest BCUT2D eigenvalue weighted by molar-refractivity contribution is -0.126. The zero-order chi connectivity index (χ0) is 15.4. The second-order valence-electron chi connectivity index (χ2n) is 5.11. The Labute approximate surface area is 124 Å². The van der Waals surface area contributed by atoms with Gasteiger partial charge in [0.1, 0.15) is 11.8 Å². The first-order valence-electron chi connectivity index (χ1n) is 7.13. The number of hydrogen-bond acceptors (Lipinski definition) is 4. The first-order valence-corrected chi connectivity index (χ1v) is 7.13. The van der Waals surface area contributed by atoms with E-state index in [0.717, 1.165) is 0 Å². The number of phenols is 1. The van der Waals surface area contributed by atoms with E-state index in [4.69, 9.17) is 0 Å². The zero-order valence-corrected chi connectivity index (χ0v) is 12.3. The molecule has 0 spiro atoms. The Kier molecular flexibility index (Phi) is 4.80. The molecule has 0 bridgehead atoms. The molecule has 0 radical (unpaired) electrons. The van der Waals surface area contributed by atoms with Gasteiger partial charge in [0.2, 0.25) is 5.91 Å². The minimum atomic E-state index is -0.519. The van der Waals surface area contributed by atoms with Gasteiger partial charge in [0, 0.05) is 31.7 Å². The quantitative estimate of drug-likeness (QED) is 0.746. The molecule has 1 atom stereocenters. The van der Waals surface area contributed by atoms with Crippen molar-refractivity contribution >= 4 is 11.8 Å². The smallest absolute Gasteiger partial charge is 0.254 e. The van der Waals surface area contributed by atoms with E-state index in [1.165, 1.54) is 6.07 Å². The summed E-state index contributed by atoms with van der Waals surface area (Å²) in [6.07, 6.45) is 0. The molecular formula is C15H21N3O3. The van der Waals surface area contributed by atoms with Gasteiger partial charge in [-0.05, 0) is 31.5 Å². The predicted octanol–water partition coefficient (Wildman–Crippen LogP) is 0.251. The van der Waals surface area contributed by atoms with Crippen molar-refractivity contribution < 1.29 is 14.7 Å². The fraction of sp³-hybridized carbons (Fsp3) is 0.467. The van der Waals surface area contributed by atoms with E-state index in [0.29, 0.717) is 37.3 Å². The molecule has 1 aromatic rings. The highest BCUT2D eigenvalue weighted by Crippen LogP contribution is 2.19. The van der Waals surface area contributed by atoms with Crippen molar-refractivity contribution in [2.24, 2.45) is 0 Å². The maximum absolute atomic E-state index is 12.6. The van der Waals surface area contributed by atoms with Gasteiger partial charge >= 0.3 is 0 Å². The van der Waals surface area contributed by atoms with Gasteiger partial charge in [0.05, 0.1) is 0 Å². The first kappa shape index (κ1) is 15.3. The van der Waals surface area contributed by atoms with Crippen LogP contribution in [0.2, 0.25) is 0 Å². The normalized spacial score (nSPS) is 18.4. The van der Waals surface area contributed by atoms with E-state index in [1.807, 2.05) is 6.92 Å². The predicted molar refractivity (Wildman–Crippen MR) is 79.2 cm³/mol. The maximum atomic E-state index is 12.6. The van der Waals surface area contributed by atoms with Gasteiger partial charge in [-0.25, -0.2) is 0 Å². The molecule has 114 valence electrons. The van der Waals surface area contributed by atoms with Crippen molar-refractivity contribution in [2.75, 3.05) is 26.2 Å². The van der Waals surface area contributed by atoms with Crippen LogP contribution in [0.15, 0.2) is 18.2 Å². The summed E-state index contributed by atoms with van der Waals surface area (Å²) in [6, 6.07) is 4.31. The number of nitrogens with one attached hydrogen (secondary N) is 2. The summed E-state index contributed by atoms with van der Waals surface area (Å²) in [5, 5.41) is 15.6. The summed E-state index contributed by atoms with van der Waals surface area (Å²) >= 11 is 0. The van der Waals surface area contributed by atoms with Crippen molar-refractivity contribution in [3.63, 3.8) is 0 Å². The van der Waals surface area contributed by atoms with Gasteiger partial charge in [0.25, 0.3) is 5.91 Å². The maximum Gasteiger partial charge on any atom is 0.254 e. The van der Waals surface area contributed by atoms with Crippen LogP contribution in [0.1, 0.15) is 22.8 Å². The fourth-order valence-electron chi connectivity index (χ4n) is 2.38. The second kappa shape index (κ2) is 6.58. The lowest BCUT2D eigenvalue weighted by Crippen LogP contribution is -2.59. The molecule has 1 aromatic carbocycles. The molecule has 1 saturated heterocycles. The highest BCUT2D eigenvalue weighted by atomic mass is 16.3. The van der Waals surface area contributed by atoms with Crippen LogP contribution < -0.4 is 10.6 Å². The molecule has 0 aliphatic carbocycles. The molecular weight excluding hydrogens is 270 g/mol. The summed E-state index contributed by atoms with van der Waals surface area (Å²) in [5.74, 6) is -0.303. The monoisotopic (exact) mass is 291 g/mol. The Hall–Kier alpha value is -2.08. The first-order chi connectivity index (χ1) is 10.0. The van der Waals surface area contributed by atoms with E-state index in [9.17, 15) is 14.7 Å². The van der Waals surface area contributed by atoms with Crippen LogP contribution in [0, 0.1) is 6.92 Å². The Morgan fingerprint density at radius 2 is 2.24 bits per heavy atom. The number of benzene rings is 1.